The molecule has 5 nitrogen and oxygen atoms in total. The Morgan fingerprint density at radius 3 is 2.00 bits per heavy atom. The van der Waals surface area contributed by atoms with E-state index in [2.05, 4.69) is 101 Å². The third-order valence-electron chi connectivity index (χ3n) is 9.08. The van der Waals surface area contributed by atoms with Gasteiger partial charge < -0.3 is 10.7 Å². The molecule has 0 spiro atoms. The molecule has 0 bridgehead atoms. The first kappa shape index (κ1) is 27.7. The first-order valence-corrected chi connectivity index (χ1v) is 16.0. The fourth-order valence-corrected chi connectivity index (χ4v) is 6.91. The fourth-order valence-electron chi connectivity index (χ4n) is 6.91. The van der Waals surface area contributed by atoms with E-state index in [-0.39, 0.29) is 0 Å². The maximum absolute atomic E-state index is 8.71. The molecule has 0 atom stereocenters. The van der Waals surface area contributed by atoms with E-state index < -0.39 is 0 Å². The van der Waals surface area contributed by atoms with Gasteiger partial charge in [-0.05, 0) is 40.4 Å². The van der Waals surface area contributed by atoms with Gasteiger partial charge in [0.15, 0.2) is 5.82 Å². The number of para-hydroxylation sites is 1. The first-order valence-electron chi connectivity index (χ1n) is 16.0. The van der Waals surface area contributed by atoms with Crippen molar-refractivity contribution in [2.24, 2.45) is 0 Å². The Morgan fingerprint density at radius 1 is 0.562 bits per heavy atom. The van der Waals surface area contributed by atoms with Crippen molar-refractivity contribution >= 4 is 60.9 Å². The number of nitrogens with one attached hydrogen (secondary N) is 2. The SMILES string of the molecule is N=Cc1c(Nc2ccccc2)ccc2c1c1ccc3ccc4ccccc4c3c1n2-c1cc(-c2ccccc2)nc(-c2ccccc2)n1. The molecule has 2 N–H and O–H groups in total. The van der Waals surface area contributed by atoms with Gasteiger partial charge in [0.25, 0.3) is 0 Å². The normalized spacial score (nSPS) is 11.4. The lowest BCUT2D eigenvalue weighted by atomic mass is 9.98. The lowest BCUT2D eigenvalue weighted by Gasteiger charge is -2.14. The molecule has 0 saturated heterocycles. The Hall–Kier alpha value is -6.59. The average molecular weight is 616 g/mol. The van der Waals surface area contributed by atoms with Gasteiger partial charge in [-0.2, -0.15) is 0 Å². The highest BCUT2D eigenvalue weighted by molar-refractivity contribution is 6.28. The predicted molar refractivity (Wildman–Crippen MR) is 200 cm³/mol. The zero-order valence-electron chi connectivity index (χ0n) is 25.9. The molecule has 0 aliphatic rings. The highest BCUT2D eigenvalue weighted by atomic mass is 15.1. The van der Waals surface area contributed by atoms with Gasteiger partial charge in [0, 0.05) is 56.5 Å². The summed E-state index contributed by atoms with van der Waals surface area (Å²) in [6.07, 6.45) is 1.47. The maximum Gasteiger partial charge on any atom is 0.162 e. The van der Waals surface area contributed by atoms with Gasteiger partial charge in [0.1, 0.15) is 5.82 Å². The van der Waals surface area contributed by atoms with Crippen LogP contribution in [0.3, 0.4) is 0 Å². The van der Waals surface area contributed by atoms with Crippen LogP contribution in [0.5, 0.6) is 0 Å². The molecule has 0 fully saturated rings. The Balaban J connectivity index is 1.44. The smallest absolute Gasteiger partial charge is 0.162 e. The van der Waals surface area contributed by atoms with E-state index >= 15 is 0 Å². The summed E-state index contributed by atoms with van der Waals surface area (Å²) in [5.41, 5.74) is 7.49. The van der Waals surface area contributed by atoms with E-state index in [1.165, 1.54) is 17.0 Å². The Labute approximate surface area is 277 Å². The van der Waals surface area contributed by atoms with Crippen molar-refractivity contribution in [3.63, 3.8) is 0 Å². The highest BCUT2D eigenvalue weighted by Crippen LogP contribution is 2.42. The summed E-state index contributed by atoms with van der Waals surface area (Å²) in [5.74, 6) is 1.42. The molecule has 0 saturated carbocycles. The second-order valence-electron chi connectivity index (χ2n) is 11.9. The highest BCUT2D eigenvalue weighted by Gasteiger charge is 2.22. The summed E-state index contributed by atoms with van der Waals surface area (Å²) in [5, 5.41) is 19.0. The molecule has 2 aromatic heterocycles. The van der Waals surface area contributed by atoms with Crippen molar-refractivity contribution in [2.75, 3.05) is 5.32 Å². The third-order valence-corrected chi connectivity index (χ3v) is 9.08. The zero-order chi connectivity index (χ0) is 32.0. The molecule has 0 aliphatic heterocycles. The van der Waals surface area contributed by atoms with E-state index in [9.17, 15) is 0 Å². The molecule has 0 unspecified atom stereocenters. The summed E-state index contributed by atoms with van der Waals surface area (Å²) in [7, 11) is 0. The number of fused-ring (bicyclic) bond motifs is 7. The van der Waals surface area contributed by atoms with Gasteiger partial charge in [-0.15, -0.1) is 0 Å². The molecule has 9 aromatic rings. The molecule has 0 radical (unpaired) electrons. The van der Waals surface area contributed by atoms with Crippen LogP contribution in [0, 0.1) is 5.41 Å². The monoisotopic (exact) mass is 615 g/mol. The van der Waals surface area contributed by atoms with Gasteiger partial charge >= 0.3 is 0 Å². The Kier molecular flexibility index (Phi) is 6.54. The van der Waals surface area contributed by atoms with Crippen LogP contribution < -0.4 is 5.32 Å². The molecule has 2 heterocycles. The largest absolute Gasteiger partial charge is 0.355 e. The summed E-state index contributed by atoms with van der Waals surface area (Å²) >= 11 is 0. The molecule has 0 aliphatic carbocycles. The van der Waals surface area contributed by atoms with E-state index in [0.717, 1.165) is 72.2 Å². The van der Waals surface area contributed by atoms with Crippen LogP contribution in [0.15, 0.2) is 158 Å². The van der Waals surface area contributed by atoms with Crippen molar-refractivity contribution in [1.82, 2.24) is 14.5 Å². The van der Waals surface area contributed by atoms with Gasteiger partial charge in [-0.3, -0.25) is 4.57 Å². The summed E-state index contributed by atoms with van der Waals surface area (Å²) in [4.78, 5) is 10.4. The van der Waals surface area contributed by atoms with E-state index in [1.54, 1.807) is 0 Å². The van der Waals surface area contributed by atoms with Crippen molar-refractivity contribution in [3.8, 4) is 28.5 Å². The van der Waals surface area contributed by atoms with E-state index in [4.69, 9.17) is 15.4 Å². The summed E-state index contributed by atoms with van der Waals surface area (Å²) in [6, 6.07) is 54.2. The van der Waals surface area contributed by atoms with Crippen LogP contribution in [0.2, 0.25) is 0 Å². The molecule has 5 heteroatoms. The molecule has 48 heavy (non-hydrogen) atoms. The number of anilines is 2. The van der Waals surface area contributed by atoms with Crippen LogP contribution in [0.4, 0.5) is 11.4 Å². The van der Waals surface area contributed by atoms with Crippen molar-refractivity contribution < 1.29 is 0 Å². The Morgan fingerprint density at radius 2 is 1.23 bits per heavy atom. The van der Waals surface area contributed by atoms with Gasteiger partial charge in [-0.1, -0.05) is 127 Å². The van der Waals surface area contributed by atoms with Crippen LogP contribution in [-0.4, -0.2) is 20.7 Å². The summed E-state index contributed by atoms with van der Waals surface area (Å²) in [6.45, 7) is 0. The van der Waals surface area contributed by atoms with Crippen LogP contribution in [0.1, 0.15) is 5.56 Å². The molecule has 0 amide bonds. The molecule has 7 aromatic carbocycles. The molecular weight excluding hydrogens is 587 g/mol. The number of benzene rings is 7. The van der Waals surface area contributed by atoms with Gasteiger partial charge in [0.05, 0.1) is 16.7 Å². The minimum Gasteiger partial charge on any atom is -0.355 e. The first-order chi connectivity index (χ1) is 23.8. The number of aromatic nitrogens is 3. The minimum atomic E-state index is 0.654. The van der Waals surface area contributed by atoms with Gasteiger partial charge in [0.2, 0.25) is 0 Å². The molecule has 9 rings (SSSR count). The molecular formula is C43H29N5. The Bertz CT molecular complexity index is 2590. The number of hydrogen-bond acceptors (Lipinski definition) is 4. The predicted octanol–water partition coefficient (Wildman–Crippen LogP) is 11.0. The molecule has 226 valence electrons. The van der Waals surface area contributed by atoms with Crippen molar-refractivity contribution in [1.29, 1.82) is 5.41 Å². The van der Waals surface area contributed by atoms with Crippen molar-refractivity contribution in [3.05, 3.63) is 163 Å². The maximum atomic E-state index is 8.71. The lowest BCUT2D eigenvalue weighted by molar-refractivity contribution is 1.05. The zero-order valence-corrected chi connectivity index (χ0v) is 25.9. The van der Waals surface area contributed by atoms with Crippen LogP contribution in [-0.2, 0) is 0 Å². The number of nitrogens with zero attached hydrogens (tertiary/aromatic N) is 3. The van der Waals surface area contributed by atoms with Crippen molar-refractivity contribution in [2.45, 2.75) is 0 Å². The standard InChI is InChI=1S/C43H29N5/c44-27-35-36(45-32-17-8-3-9-18-32)24-25-38-41(35)34-23-22-30-21-20-28-12-10-11-19-33(28)40(30)42(34)48(38)39-26-37(29-13-4-1-5-14-29)46-43(47-39)31-15-6-2-7-16-31/h1-27,44-45H. The van der Waals surface area contributed by atoms with E-state index in [0.29, 0.717) is 5.82 Å². The third kappa shape index (κ3) is 4.52. The second kappa shape index (κ2) is 11.3. The number of hydrogen-bond donors (Lipinski definition) is 2. The average Bonchev–Trinajstić information content (AvgIpc) is 3.50. The number of rotatable bonds is 6. The topological polar surface area (TPSA) is 66.6 Å². The van der Waals surface area contributed by atoms with Gasteiger partial charge in [-0.25, -0.2) is 9.97 Å². The quantitative estimate of drug-likeness (QED) is 0.144. The fraction of sp³-hybridized carbons (Fsp3) is 0. The lowest BCUT2D eigenvalue weighted by Crippen LogP contribution is -2.03. The van der Waals surface area contributed by atoms with E-state index in [1.807, 2.05) is 66.7 Å². The van der Waals surface area contributed by atoms with Crippen LogP contribution in [0.25, 0.3) is 71.8 Å². The summed E-state index contributed by atoms with van der Waals surface area (Å²) < 4.78 is 2.28. The second-order valence-corrected chi connectivity index (χ2v) is 11.9. The van der Waals surface area contributed by atoms with Crippen LogP contribution >= 0.6 is 0 Å². The minimum absolute atomic E-state index is 0.654.